The molecule has 0 aromatic carbocycles. The number of hydrogen-bond acceptors (Lipinski definition) is 7. The number of pyridine rings is 1. The van der Waals surface area contributed by atoms with Crippen LogP contribution in [0.4, 0.5) is 5.82 Å². The van der Waals surface area contributed by atoms with Crippen molar-refractivity contribution >= 4 is 5.82 Å². The summed E-state index contributed by atoms with van der Waals surface area (Å²) >= 11 is 0. The van der Waals surface area contributed by atoms with Crippen LogP contribution in [0.3, 0.4) is 0 Å². The Morgan fingerprint density at radius 2 is 1.92 bits per heavy atom. The van der Waals surface area contributed by atoms with Crippen molar-refractivity contribution in [2.45, 2.75) is 18.9 Å². The molecule has 0 spiro atoms. The summed E-state index contributed by atoms with van der Waals surface area (Å²) in [5, 5.41) is 9.32. The monoisotopic (exact) mass is 350 g/mol. The van der Waals surface area contributed by atoms with E-state index in [1.54, 1.807) is 12.4 Å². The molecule has 0 amide bonds. The molecule has 0 N–H and O–H groups in total. The van der Waals surface area contributed by atoms with Crippen LogP contribution >= 0.6 is 0 Å². The van der Waals surface area contributed by atoms with Gasteiger partial charge >= 0.3 is 0 Å². The van der Waals surface area contributed by atoms with Crippen LogP contribution in [0.2, 0.25) is 0 Å². The average molecular weight is 350 g/mol. The maximum atomic E-state index is 9.32. The average Bonchev–Trinajstić information content (AvgIpc) is 2.75. The number of nitriles is 1. The summed E-state index contributed by atoms with van der Waals surface area (Å²) in [6, 6.07) is 8.49. The van der Waals surface area contributed by atoms with Gasteiger partial charge in [-0.25, -0.2) is 9.97 Å². The predicted molar refractivity (Wildman–Crippen MR) is 97.6 cm³/mol. The SMILES string of the molecule is N#Cc1nc(-c2cccnc2)cc(N2CCC(N3CCOCC3)CC2)n1. The molecule has 2 fully saturated rings. The Kier molecular flexibility index (Phi) is 5.04. The summed E-state index contributed by atoms with van der Waals surface area (Å²) in [7, 11) is 0. The Labute approximate surface area is 153 Å². The molecule has 0 radical (unpaired) electrons. The molecule has 0 unspecified atom stereocenters. The summed E-state index contributed by atoms with van der Waals surface area (Å²) in [5.74, 6) is 1.03. The van der Waals surface area contributed by atoms with Crippen LogP contribution in [0.1, 0.15) is 18.7 Å². The molecule has 2 aliphatic heterocycles. The second-order valence-corrected chi connectivity index (χ2v) is 6.66. The fraction of sp³-hybridized carbons (Fsp3) is 0.474. The Morgan fingerprint density at radius 3 is 2.62 bits per heavy atom. The Bertz CT molecular complexity index is 776. The van der Waals surface area contributed by atoms with Crippen molar-refractivity contribution in [3.63, 3.8) is 0 Å². The molecule has 4 rings (SSSR count). The Balaban J connectivity index is 1.50. The van der Waals surface area contributed by atoms with Crippen LogP contribution < -0.4 is 4.90 Å². The van der Waals surface area contributed by atoms with Crippen molar-refractivity contribution in [3.8, 4) is 17.3 Å². The van der Waals surface area contributed by atoms with E-state index in [1.807, 2.05) is 18.2 Å². The van der Waals surface area contributed by atoms with E-state index in [-0.39, 0.29) is 5.82 Å². The lowest BCUT2D eigenvalue weighted by atomic mass is 10.0. The first-order valence-corrected chi connectivity index (χ1v) is 9.10. The molecular weight excluding hydrogens is 328 g/mol. The van der Waals surface area contributed by atoms with Gasteiger partial charge in [0.1, 0.15) is 11.9 Å². The zero-order chi connectivity index (χ0) is 17.8. The number of ether oxygens (including phenoxy) is 1. The fourth-order valence-electron chi connectivity index (χ4n) is 3.71. The number of aromatic nitrogens is 3. The van der Waals surface area contributed by atoms with Gasteiger partial charge in [0, 0.05) is 56.2 Å². The zero-order valence-corrected chi connectivity index (χ0v) is 14.7. The maximum Gasteiger partial charge on any atom is 0.234 e. The second kappa shape index (κ2) is 7.77. The minimum Gasteiger partial charge on any atom is -0.379 e. The van der Waals surface area contributed by atoms with Gasteiger partial charge in [0.15, 0.2) is 0 Å². The summed E-state index contributed by atoms with van der Waals surface area (Å²) < 4.78 is 5.46. The van der Waals surface area contributed by atoms with E-state index in [9.17, 15) is 5.26 Å². The number of piperidine rings is 1. The normalized spacial score (nSPS) is 19.3. The lowest BCUT2D eigenvalue weighted by molar-refractivity contribution is 0.0115. The van der Waals surface area contributed by atoms with Gasteiger partial charge in [0.05, 0.1) is 18.9 Å². The third-order valence-corrected chi connectivity index (χ3v) is 5.12. The number of nitrogens with zero attached hydrogens (tertiary/aromatic N) is 6. The van der Waals surface area contributed by atoms with Gasteiger partial charge in [-0.05, 0) is 25.0 Å². The van der Waals surface area contributed by atoms with Crippen LogP contribution in [0.25, 0.3) is 11.3 Å². The number of hydrogen-bond donors (Lipinski definition) is 0. The van der Waals surface area contributed by atoms with Crippen molar-refractivity contribution in [2.75, 3.05) is 44.3 Å². The first-order valence-electron chi connectivity index (χ1n) is 9.10. The minimum absolute atomic E-state index is 0.205. The van der Waals surface area contributed by atoms with E-state index >= 15 is 0 Å². The number of morpholine rings is 1. The van der Waals surface area contributed by atoms with Crippen LogP contribution in [0.5, 0.6) is 0 Å². The van der Waals surface area contributed by atoms with Crippen molar-refractivity contribution < 1.29 is 4.74 Å². The highest BCUT2D eigenvalue weighted by molar-refractivity contribution is 5.62. The van der Waals surface area contributed by atoms with Crippen LogP contribution in [0, 0.1) is 11.3 Å². The van der Waals surface area contributed by atoms with Crippen molar-refractivity contribution in [1.82, 2.24) is 19.9 Å². The van der Waals surface area contributed by atoms with Crippen molar-refractivity contribution in [1.29, 1.82) is 5.26 Å². The Hall–Kier alpha value is -2.56. The molecule has 0 bridgehead atoms. The lowest BCUT2D eigenvalue weighted by Gasteiger charge is -2.40. The second-order valence-electron chi connectivity index (χ2n) is 6.66. The summed E-state index contributed by atoms with van der Waals surface area (Å²) in [4.78, 5) is 17.7. The van der Waals surface area contributed by atoms with Gasteiger partial charge in [-0.15, -0.1) is 0 Å². The fourth-order valence-corrected chi connectivity index (χ4v) is 3.71. The summed E-state index contributed by atoms with van der Waals surface area (Å²) in [6.45, 7) is 5.62. The molecule has 7 nitrogen and oxygen atoms in total. The summed E-state index contributed by atoms with van der Waals surface area (Å²) in [5.41, 5.74) is 1.64. The van der Waals surface area contributed by atoms with Crippen molar-refractivity contribution in [3.05, 3.63) is 36.4 Å². The molecule has 26 heavy (non-hydrogen) atoms. The molecule has 2 aromatic heterocycles. The molecule has 4 heterocycles. The third kappa shape index (κ3) is 3.66. The van der Waals surface area contributed by atoms with Crippen molar-refractivity contribution in [2.24, 2.45) is 0 Å². The molecule has 0 aliphatic carbocycles. The molecule has 0 atom stereocenters. The molecule has 0 saturated carbocycles. The standard InChI is InChI=1S/C19H22N6O/c20-13-18-22-17(15-2-1-5-21-14-15)12-19(23-18)25-6-3-16(4-7-25)24-8-10-26-11-9-24/h1-2,5,12,14,16H,3-4,6-11H2. The topological polar surface area (TPSA) is 78.2 Å². The molecule has 2 saturated heterocycles. The van der Waals surface area contributed by atoms with E-state index in [0.29, 0.717) is 6.04 Å². The molecule has 134 valence electrons. The highest BCUT2D eigenvalue weighted by atomic mass is 16.5. The smallest absolute Gasteiger partial charge is 0.234 e. The molecule has 7 heteroatoms. The lowest BCUT2D eigenvalue weighted by Crippen LogP contribution is -2.49. The first kappa shape index (κ1) is 16.9. The maximum absolute atomic E-state index is 9.32. The first-order chi connectivity index (χ1) is 12.8. The highest BCUT2D eigenvalue weighted by Crippen LogP contribution is 2.25. The van der Waals surface area contributed by atoms with Gasteiger partial charge in [-0.1, -0.05) is 0 Å². The molecule has 2 aliphatic rings. The van der Waals surface area contributed by atoms with Gasteiger partial charge in [0.2, 0.25) is 5.82 Å². The van der Waals surface area contributed by atoms with E-state index in [0.717, 1.165) is 69.3 Å². The number of anilines is 1. The molecule has 2 aromatic rings. The van der Waals surface area contributed by atoms with E-state index in [4.69, 9.17) is 4.74 Å². The van der Waals surface area contributed by atoms with Crippen LogP contribution in [-0.4, -0.2) is 65.3 Å². The summed E-state index contributed by atoms with van der Waals surface area (Å²) in [6.07, 6.45) is 5.70. The third-order valence-electron chi connectivity index (χ3n) is 5.12. The van der Waals surface area contributed by atoms with Gasteiger partial charge in [-0.3, -0.25) is 9.88 Å². The van der Waals surface area contributed by atoms with E-state index < -0.39 is 0 Å². The predicted octanol–water partition coefficient (Wildman–Crippen LogP) is 1.71. The van der Waals surface area contributed by atoms with E-state index in [1.165, 1.54) is 0 Å². The number of rotatable bonds is 3. The highest BCUT2D eigenvalue weighted by Gasteiger charge is 2.26. The Morgan fingerprint density at radius 1 is 1.12 bits per heavy atom. The van der Waals surface area contributed by atoms with Crippen LogP contribution in [0.15, 0.2) is 30.6 Å². The molecular formula is C19H22N6O. The quantitative estimate of drug-likeness (QED) is 0.834. The minimum atomic E-state index is 0.205. The van der Waals surface area contributed by atoms with Gasteiger partial charge < -0.3 is 9.64 Å². The largest absolute Gasteiger partial charge is 0.379 e. The van der Waals surface area contributed by atoms with Gasteiger partial charge in [-0.2, -0.15) is 5.26 Å². The van der Waals surface area contributed by atoms with Gasteiger partial charge in [0.25, 0.3) is 0 Å². The van der Waals surface area contributed by atoms with Crippen LogP contribution in [-0.2, 0) is 4.74 Å². The van der Waals surface area contributed by atoms with E-state index in [2.05, 4.69) is 30.8 Å². The zero-order valence-electron chi connectivity index (χ0n) is 14.7.